The average Bonchev–Trinajstić information content (AvgIpc) is 2.70. The molecule has 6 heteroatoms. The lowest BCUT2D eigenvalue weighted by Gasteiger charge is -2.25. The third-order valence-corrected chi connectivity index (χ3v) is 3.28. The number of carboxylic acids is 1. The number of carbonyl (C=O) groups is 2. The predicted octanol–water partition coefficient (Wildman–Crippen LogP) is 0.953. The van der Waals surface area contributed by atoms with E-state index < -0.39 is 23.6 Å². The van der Waals surface area contributed by atoms with Crippen molar-refractivity contribution in [3.8, 4) is 0 Å². The van der Waals surface area contributed by atoms with E-state index in [1.807, 2.05) is 0 Å². The van der Waals surface area contributed by atoms with Crippen LogP contribution in [0.2, 0.25) is 0 Å². The van der Waals surface area contributed by atoms with Crippen molar-refractivity contribution in [1.82, 2.24) is 4.90 Å². The Balaban J connectivity index is 1.97. The highest BCUT2D eigenvalue weighted by Crippen LogP contribution is 2.34. The molecule has 0 aromatic carbocycles. The van der Waals surface area contributed by atoms with Gasteiger partial charge in [0.15, 0.2) is 0 Å². The van der Waals surface area contributed by atoms with E-state index in [1.54, 1.807) is 20.8 Å². The van der Waals surface area contributed by atoms with Crippen LogP contribution in [0, 0.1) is 11.8 Å². The summed E-state index contributed by atoms with van der Waals surface area (Å²) in [5.41, 5.74) is -0.540. The monoisotopic (exact) mass is 257 g/mol. The Hall–Kier alpha value is -1.30. The molecule has 102 valence electrons. The van der Waals surface area contributed by atoms with Crippen molar-refractivity contribution in [2.45, 2.75) is 32.5 Å². The van der Waals surface area contributed by atoms with Crippen molar-refractivity contribution in [2.75, 3.05) is 19.7 Å². The van der Waals surface area contributed by atoms with Crippen LogP contribution in [-0.4, -0.2) is 53.5 Å². The molecule has 2 fully saturated rings. The molecule has 0 unspecified atom stereocenters. The molecule has 1 amide bonds. The molecule has 3 atom stereocenters. The zero-order valence-electron chi connectivity index (χ0n) is 10.9. The molecular formula is C12H19NO5. The molecule has 0 aromatic heterocycles. The van der Waals surface area contributed by atoms with Gasteiger partial charge in [-0.2, -0.15) is 0 Å². The number of amides is 1. The maximum Gasteiger partial charge on any atom is 0.410 e. The van der Waals surface area contributed by atoms with Crippen LogP contribution >= 0.6 is 0 Å². The van der Waals surface area contributed by atoms with E-state index in [1.165, 1.54) is 4.90 Å². The minimum absolute atomic E-state index is 0.116. The van der Waals surface area contributed by atoms with Crippen LogP contribution in [0.25, 0.3) is 0 Å². The molecule has 0 aliphatic carbocycles. The van der Waals surface area contributed by atoms with E-state index in [4.69, 9.17) is 14.6 Å². The van der Waals surface area contributed by atoms with Gasteiger partial charge < -0.3 is 19.5 Å². The normalized spacial score (nSPS) is 31.3. The van der Waals surface area contributed by atoms with Crippen molar-refractivity contribution in [3.63, 3.8) is 0 Å². The first-order valence-corrected chi connectivity index (χ1v) is 6.10. The molecule has 0 saturated carbocycles. The van der Waals surface area contributed by atoms with E-state index in [0.717, 1.165) is 0 Å². The lowest BCUT2D eigenvalue weighted by Crippen LogP contribution is -2.37. The standard InChI is InChI=1S/C12H19NO5/c1-12(2,3)18-11(16)13-4-7-8(10(14)15)6-17-9(7)5-13/h7-9H,4-6H2,1-3H3,(H,14,15)/t7-,8-,9-/m1/s1. The van der Waals surface area contributed by atoms with Gasteiger partial charge >= 0.3 is 12.1 Å². The Morgan fingerprint density at radius 2 is 2.00 bits per heavy atom. The van der Waals surface area contributed by atoms with E-state index in [2.05, 4.69) is 0 Å². The Bertz CT molecular complexity index is 362. The summed E-state index contributed by atoms with van der Waals surface area (Å²) < 4.78 is 10.7. The molecular weight excluding hydrogens is 238 g/mol. The van der Waals surface area contributed by atoms with Crippen molar-refractivity contribution in [1.29, 1.82) is 0 Å². The van der Waals surface area contributed by atoms with Gasteiger partial charge in [0.25, 0.3) is 0 Å². The molecule has 0 spiro atoms. The average molecular weight is 257 g/mol. The van der Waals surface area contributed by atoms with Gasteiger partial charge in [0, 0.05) is 12.5 Å². The second-order valence-electron chi connectivity index (χ2n) is 5.87. The number of fused-ring (bicyclic) bond motifs is 1. The maximum absolute atomic E-state index is 11.9. The number of hydrogen-bond acceptors (Lipinski definition) is 4. The molecule has 0 bridgehead atoms. The molecule has 2 heterocycles. The van der Waals surface area contributed by atoms with Gasteiger partial charge in [0.2, 0.25) is 0 Å². The summed E-state index contributed by atoms with van der Waals surface area (Å²) in [6, 6.07) is 0. The fraction of sp³-hybridized carbons (Fsp3) is 0.833. The first-order valence-electron chi connectivity index (χ1n) is 6.10. The highest BCUT2D eigenvalue weighted by molar-refractivity contribution is 5.72. The van der Waals surface area contributed by atoms with Gasteiger partial charge in [-0.3, -0.25) is 4.79 Å². The van der Waals surface area contributed by atoms with Crippen LogP contribution in [0.1, 0.15) is 20.8 Å². The molecule has 0 aromatic rings. The molecule has 1 N–H and O–H groups in total. The van der Waals surface area contributed by atoms with Crippen LogP contribution < -0.4 is 0 Å². The summed E-state index contributed by atoms with van der Waals surface area (Å²) in [5, 5.41) is 9.06. The molecule has 0 radical (unpaired) electrons. The first-order chi connectivity index (χ1) is 8.28. The summed E-state index contributed by atoms with van der Waals surface area (Å²) in [4.78, 5) is 24.4. The van der Waals surface area contributed by atoms with Gasteiger partial charge in [-0.25, -0.2) is 4.79 Å². The fourth-order valence-corrected chi connectivity index (χ4v) is 2.44. The predicted molar refractivity (Wildman–Crippen MR) is 62.2 cm³/mol. The van der Waals surface area contributed by atoms with Crippen molar-refractivity contribution in [3.05, 3.63) is 0 Å². The van der Waals surface area contributed by atoms with E-state index in [-0.39, 0.29) is 18.6 Å². The van der Waals surface area contributed by atoms with Crippen LogP contribution in [-0.2, 0) is 14.3 Å². The largest absolute Gasteiger partial charge is 0.481 e. The topological polar surface area (TPSA) is 76.1 Å². The summed E-state index contributed by atoms with van der Waals surface area (Å²) >= 11 is 0. The summed E-state index contributed by atoms with van der Waals surface area (Å²) in [6.45, 7) is 6.47. The van der Waals surface area contributed by atoms with Gasteiger partial charge in [-0.15, -0.1) is 0 Å². The van der Waals surface area contributed by atoms with Crippen molar-refractivity contribution in [2.24, 2.45) is 11.8 Å². The number of aliphatic carboxylic acids is 1. The third kappa shape index (κ3) is 2.58. The van der Waals surface area contributed by atoms with E-state index in [0.29, 0.717) is 13.1 Å². The zero-order chi connectivity index (χ0) is 13.5. The van der Waals surface area contributed by atoms with Crippen LogP contribution in [0.15, 0.2) is 0 Å². The summed E-state index contributed by atoms with van der Waals surface area (Å²) in [5.74, 6) is -1.48. The number of rotatable bonds is 1. The van der Waals surface area contributed by atoms with E-state index >= 15 is 0 Å². The Morgan fingerprint density at radius 1 is 1.33 bits per heavy atom. The minimum Gasteiger partial charge on any atom is -0.481 e. The van der Waals surface area contributed by atoms with Crippen molar-refractivity contribution >= 4 is 12.1 Å². The number of carboxylic acid groups (broad SMARTS) is 1. The summed E-state index contributed by atoms with van der Waals surface area (Å²) in [6.07, 6.45) is -0.566. The highest BCUT2D eigenvalue weighted by Gasteiger charge is 2.48. The molecule has 2 saturated heterocycles. The lowest BCUT2D eigenvalue weighted by atomic mass is 9.93. The van der Waals surface area contributed by atoms with Gasteiger partial charge in [0.05, 0.1) is 25.2 Å². The van der Waals surface area contributed by atoms with Gasteiger partial charge in [-0.1, -0.05) is 0 Å². The van der Waals surface area contributed by atoms with Crippen LogP contribution in [0.3, 0.4) is 0 Å². The number of nitrogens with zero attached hydrogens (tertiary/aromatic N) is 1. The quantitative estimate of drug-likeness (QED) is 0.757. The maximum atomic E-state index is 11.9. The number of carbonyl (C=O) groups excluding carboxylic acids is 1. The number of ether oxygens (including phenoxy) is 2. The van der Waals surface area contributed by atoms with Gasteiger partial charge in [0.1, 0.15) is 5.60 Å². The molecule has 2 rings (SSSR count). The lowest BCUT2D eigenvalue weighted by molar-refractivity contribution is -0.142. The smallest absolute Gasteiger partial charge is 0.410 e. The zero-order valence-corrected chi connectivity index (χ0v) is 10.9. The second-order valence-corrected chi connectivity index (χ2v) is 5.87. The van der Waals surface area contributed by atoms with E-state index in [9.17, 15) is 9.59 Å². The number of hydrogen-bond donors (Lipinski definition) is 1. The Labute approximate surface area is 106 Å². The minimum atomic E-state index is -0.853. The highest BCUT2D eigenvalue weighted by atomic mass is 16.6. The second kappa shape index (κ2) is 4.42. The third-order valence-electron chi connectivity index (χ3n) is 3.28. The number of likely N-dealkylation sites (tertiary alicyclic amines) is 1. The Kier molecular flexibility index (Phi) is 3.23. The molecule has 2 aliphatic rings. The first kappa shape index (κ1) is 13.1. The van der Waals surface area contributed by atoms with Gasteiger partial charge in [-0.05, 0) is 20.8 Å². The van der Waals surface area contributed by atoms with Crippen molar-refractivity contribution < 1.29 is 24.2 Å². The SMILES string of the molecule is CC(C)(C)OC(=O)N1C[C@H]2[C@@H](C1)OC[C@H]2C(=O)O. The van der Waals surface area contributed by atoms with Crippen LogP contribution in [0.4, 0.5) is 4.79 Å². The molecule has 2 aliphatic heterocycles. The molecule has 18 heavy (non-hydrogen) atoms. The Morgan fingerprint density at radius 3 is 2.56 bits per heavy atom. The molecule has 6 nitrogen and oxygen atoms in total. The fourth-order valence-electron chi connectivity index (χ4n) is 2.44. The van der Waals surface area contributed by atoms with Crippen LogP contribution in [0.5, 0.6) is 0 Å². The summed E-state index contributed by atoms with van der Waals surface area (Å²) in [7, 11) is 0.